The summed E-state index contributed by atoms with van der Waals surface area (Å²) in [4.78, 5) is 15.0. The molecule has 0 aromatic carbocycles. The van der Waals surface area contributed by atoms with Crippen molar-refractivity contribution in [2.24, 2.45) is 5.92 Å². The molecule has 0 amide bonds. The quantitative estimate of drug-likeness (QED) is 0.707. The highest BCUT2D eigenvalue weighted by Gasteiger charge is 2.03. The third kappa shape index (κ3) is 4.25. The first-order valence-corrected chi connectivity index (χ1v) is 5.46. The smallest absolute Gasteiger partial charge is 0.316 e. The van der Waals surface area contributed by atoms with Crippen LogP contribution in [0.2, 0.25) is 0 Å². The molecule has 1 rings (SSSR count). The molecule has 4 heteroatoms. The molecular formula is C11H19N3O. The molecular weight excluding hydrogens is 190 g/mol. The molecule has 1 unspecified atom stereocenters. The third-order valence-electron chi connectivity index (χ3n) is 2.21. The van der Waals surface area contributed by atoms with Crippen molar-refractivity contribution < 1.29 is 0 Å². The van der Waals surface area contributed by atoms with Gasteiger partial charge in [0.05, 0.1) is 0 Å². The molecule has 0 aliphatic heterocycles. The Bertz CT molecular complexity index is 335. The minimum atomic E-state index is -0.167. The summed E-state index contributed by atoms with van der Waals surface area (Å²) >= 11 is 0. The van der Waals surface area contributed by atoms with Crippen LogP contribution in [0.5, 0.6) is 0 Å². The van der Waals surface area contributed by atoms with Crippen LogP contribution in [0.15, 0.2) is 23.3 Å². The van der Waals surface area contributed by atoms with Gasteiger partial charge in [-0.1, -0.05) is 13.8 Å². The summed E-state index contributed by atoms with van der Waals surface area (Å²) in [5.41, 5.74) is -0.167. The average molecular weight is 209 g/mol. The van der Waals surface area contributed by atoms with Gasteiger partial charge >= 0.3 is 5.69 Å². The molecule has 1 aromatic heterocycles. The molecule has 1 heterocycles. The zero-order chi connectivity index (χ0) is 11.1. The zero-order valence-electron chi connectivity index (χ0n) is 9.44. The maximum Gasteiger partial charge on any atom is 0.347 e. The molecule has 0 radical (unpaired) electrons. The summed E-state index contributed by atoms with van der Waals surface area (Å²) < 4.78 is 1.65. The molecule has 0 bridgehead atoms. The minimum Gasteiger partial charge on any atom is -0.316 e. The molecule has 0 aliphatic rings. The van der Waals surface area contributed by atoms with E-state index in [1.165, 1.54) is 6.20 Å². The van der Waals surface area contributed by atoms with E-state index in [1.54, 1.807) is 16.8 Å². The Morgan fingerprint density at radius 2 is 2.40 bits per heavy atom. The van der Waals surface area contributed by atoms with E-state index in [-0.39, 0.29) is 5.69 Å². The molecule has 15 heavy (non-hydrogen) atoms. The predicted molar refractivity (Wildman–Crippen MR) is 60.8 cm³/mol. The van der Waals surface area contributed by atoms with Crippen LogP contribution in [-0.2, 0) is 6.54 Å². The van der Waals surface area contributed by atoms with Gasteiger partial charge in [0.25, 0.3) is 0 Å². The van der Waals surface area contributed by atoms with E-state index in [0.29, 0.717) is 5.92 Å². The summed E-state index contributed by atoms with van der Waals surface area (Å²) in [6.07, 6.45) is 4.45. The lowest BCUT2D eigenvalue weighted by Crippen LogP contribution is -2.29. The number of hydrogen-bond donors (Lipinski definition) is 1. The van der Waals surface area contributed by atoms with Gasteiger partial charge in [-0.2, -0.15) is 0 Å². The van der Waals surface area contributed by atoms with Crippen molar-refractivity contribution in [2.45, 2.75) is 26.8 Å². The summed E-state index contributed by atoms with van der Waals surface area (Å²) in [6.45, 7) is 6.97. The number of rotatable bonds is 6. The first-order valence-electron chi connectivity index (χ1n) is 5.46. The Morgan fingerprint density at radius 3 is 3.07 bits per heavy atom. The van der Waals surface area contributed by atoms with E-state index in [4.69, 9.17) is 0 Å². The van der Waals surface area contributed by atoms with E-state index in [2.05, 4.69) is 24.1 Å². The van der Waals surface area contributed by atoms with E-state index >= 15 is 0 Å². The summed E-state index contributed by atoms with van der Waals surface area (Å²) in [5.74, 6) is 0.443. The Balaban J connectivity index is 2.41. The molecule has 0 saturated carbocycles. The summed E-state index contributed by atoms with van der Waals surface area (Å²) in [6, 6.07) is 1.79. The van der Waals surface area contributed by atoms with Crippen molar-refractivity contribution in [1.29, 1.82) is 0 Å². The zero-order valence-corrected chi connectivity index (χ0v) is 9.44. The molecule has 0 fully saturated rings. The largest absolute Gasteiger partial charge is 0.347 e. The highest BCUT2D eigenvalue weighted by molar-refractivity contribution is 4.81. The molecule has 4 nitrogen and oxygen atoms in total. The summed E-state index contributed by atoms with van der Waals surface area (Å²) in [7, 11) is 0. The van der Waals surface area contributed by atoms with Crippen molar-refractivity contribution in [3.05, 3.63) is 28.9 Å². The van der Waals surface area contributed by atoms with Gasteiger partial charge < -0.3 is 5.32 Å². The van der Waals surface area contributed by atoms with Crippen LogP contribution in [0, 0.1) is 5.92 Å². The summed E-state index contributed by atoms with van der Waals surface area (Å²) in [5, 5.41) is 3.34. The second-order valence-corrected chi connectivity index (χ2v) is 3.86. The van der Waals surface area contributed by atoms with Gasteiger partial charge in [-0.15, -0.1) is 0 Å². The second-order valence-electron chi connectivity index (χ2n) is 3.86. The van der Waals surface area contributed by atoms with Crippen LogP contribution in [-0.4, -0.2) is 22.6 Å². The highest BCUT2D eigenvalue weighted by atomic mass is 16.1. The number of hydrogen-bond acceptors (Lipinski definition) is 3. The first kappa shape index (κ1) is 11.9. The lowest BCUT2D eigenvalue weighted by molar-refractivity contribution is 0.435. The maximum absolute atomic E-state index is 11.3. The maximum atomic E-state index is 11.3. The van der Waals surface area contributed by atoms with E-state index in [1.807, 2.05) is 0 Å². The Morgan fingerprint density at radius 1 is 1.60 bits per heavy atom. The fourth-order valence-corrected chi connectivity index (χ4v) is 1.45. The molecule has 0 saturated heterocycles. The van der Waals surface area contributed by atoms with Gasteiger partial charge in [-0.3, -0.25) is 4.57 Å². The number of nitrogens with one attached hydrogen (secondary N) is 1. The van der Waals surface area contributed by atoms with Crippen LogP contribution >= 0.6 is 0 Å². The highest BCUT2D eigenvalue weighted by Crippen LogP contribution is 1.96. The lowest BCUT2D eigenvalue weighted by atomic mass is 10.2. The van der Waals surface area contributed by atoms with Gasteiger partial charge in [0.15, 0.2) is 0 Å². The molecule has 0 spiro atoms. The van der Waals surface area contributed by atoms with E-state index in [9.17, 15) is 4.79 Å². The van der Waals surface area contributed by atoms with Crippen LogP contribution in [0.25, 0.3) is 0 Å². The van der Waals surface area contributed by atoms with Gasteiger partial charge in [0.2, 0.25) is 0 Å². The number of nitrogens with zero attached hydrogens (tertiary/aromatic N) is 2. The van der Waals surface area contributed by atoms with Crippen molar-refractivity contribution in [3.8, 4) is 0 Å². The third-order valence-corrected chi connectivity index (χ3v) is 2.21. The molecule has 1 aromatic rings. The minimum absolute atomic E-state index is 0.167. The van der Waals surface area contributed by atoms with Crippen LogP contribution in [0.3, 0.4) is 0 Å². The second kappa shape index (κ2) is 6.35. The molecule has 1 atom stereocenters. The van der Waals surface area contributed by atoms with Crippen LogP contribution in [0.1, 0.15) is 20.3 Å². The topological polar surface area (TPSA) is 46.9 Å². The predicted octanol–water partition coefficient (Wildman–Crippen LogP) is 0.879. The average Bonchev–Trinajstić information content (AvgIpc) is 2.22. The van der Waals surface area contributed by atoms with Crippen molar-refractivity contribution in [1.82, 2.24) is 14.9 Å². The fraction of sp³-hybridized carbons (Fsp3) is 0.636. The van der Waals surface area contributed by atoms with Crippen molar-refractivity contribution >= 4 is 0 Å². The van der Waals surface area contributed by atoms with Crippen LogP contribution in [0.4, 0.5) is 0 Å². The molecule has 84 valence electrons. The molecule has 1 N–H and O–H groups in total. The Labute approximate surface area is 90.3 Å². The lowest BCUT2D eigenvalue weighted by Gasteiger charge is -2.13. The first-order chi connectivity index (χ1) is 7.24. The van der Waals surface area contributed by atoms with Gasteiger partial charge in [-0.05, 0) is 31.5 Å². The standard InChI is InChI=1S/C11H19N3O/c1-3-5-12-8-10(2)9-14-7-4-6-13-11(14)15/h4,6-7,10,12H,3,5,8-9H2,1-2H3. The van der Waals surface area contributed by atoms with Gasteiger partial charge in [-0.25, -0.2) is 9.78 Å². The Hall–Kier alpha value is -1.16. The van der Waals surface area contributed by atoms with E-state index < -0.39 is 0 Å². The number of aromatic nitrogens is 2. The van der Waals surface area contributed by atoms with Crippen molar-refractivity contribution in [2.75, 3.05) is 13.1 Å². The van der Waals surface area contributed by atoms with Gasteiger partial charge in [0, 0.05) is 18.9 Å². The Kier molecular flexibility index (Phi) is 5.04. The SMILES string of the molecule is CCCNCC(C)Cn1cccnc1=O. The van der Waals surface area contributed by atoms with Crippen molar-refractivity contribution in [3.63, 3.8) is 0 Å². The molecule has 0 aliphatic carbocycles. The monoisotopic (exact) mass is 209 g/mol. The van der Waals surface area contributed by atoms with E-state index in [0.717, 1.165) is 26.1 Å². The van der Waals surface area contributed by atoms with Crippen LogP contribution < -0.4 is 11.0 Å². The normalized spacial score (nSPS) is 12.7. The fourth-order valence-electron chi connectivity index (χ4n) is 1.45. The van der Waals surface area contributed by atoms with Gasteiger partial charge in [0.1, 0.15) is 0 Å².